The largest absolute Gasteiger partial charge is 0.445 e. The molecular weight excluding hydrogens is 899 g/mol. The molecule has 0 saturated heterocycles. The zero-order valence-corrected chi connectivity index (χ0v) is 39.6. The van der Waals surface area contributed by atoms with Crippen LogP contribution in [-0.2, 0) is 37.1 Å². The molecule has 5 heterocycles. The molecule has 370 valence electrons. The first kappa shape index (κ1) is 50.2. The molecule has 21 nitrogen and oxygen atoms in total. The number of ether oxygens (including phenoxy) is 1. The van der Waals surface area contributed by atoms with Gasteiger partial charge in [-0.25, -0.2) is 24.1 Å². The minimum Gasteiger partial charge on any atom is -0.445 e. The number of unbranched alkanes of at least 4 members (excludes halogenated alkanes) is 2. The van der Waals surface area contributed by atoms with E-state index in [-0.39, 0.29) is 50.3 Å². The molecule has 5 aromatic rings. The van der Waals surface area contributed by atoms with Crippen LogP contribution >= 0.6 is 0 Å². The van der Waals surface area contributed by atoms with Gasteiger partial charge in [0, 0.05) is 55.3 Å². The van der Waals surface area contributed by atoms with Gasteiger partial charge in [-0.05, 0) is 105 Å². The van der Waals surface area contributed by atoms with E-state index in [0.29, 0.717) is 78.8 Å². The van der Waals surface area contributed by atoms with Crippen molar-refractivity contribution >= 4 is 47.1 Å². The Bertz CT molecular complexity index is 2680. The summed E-state index contributed by atoms with van der Waals surface area (Å²) in [5.74, 6) is -1.06. The number of aromatic nitrogens is 6. The Morgan fingerprint density at radius 1 is 0.971 bits per heavy atom. The molecule has 0 spiro atoms. The lowest BCUT2D eigenvalue weighted by Crippen LogP contribution is -2.54. The van der Waals surface area contributed by atoms with E-state index in [4.69, 9.17) is 20.4 Å². The van der Waals surface area contributed by atoms with Gasteiger partial charge in [-0.2, -0.15) is 5.10 Å². The predicted octanol–water partition coefficient (Wildman–Crippen LogP) is 4.33. The number of aliphatic hydroxyl groups is 1. The van der Waals surface area contributed by atoms with Crippen LogP contribution in [-0.4, -0.2) is 118 Å². The van der Waals surface area contributed by atoms with Crippen molar-refractivity contribution in [2.24, 2.45) is 17.6 Å². The van der Waals surface area contributed by atoms with Gasteiger partial charge in [-0.15, -0.1) is 0 Å². The SMILES string of the molecule is Cc1cccc(-c2nc(CN(CC3CC3)C(=O)OCc3ccc(NC(=O)[C@H](CCCNC(N)=O)NC(=O)C(NC(=O)CCCCCN4C(=O)C=CC4O)C(C)C)cc3)[nH]c2-c2ccc3ncnn3c2)n1. The number of carbonyl (C=O) groups is 6. The second-order valence-corrected chi connectivity index (χ2v) is 18.0. The van der Waals surface area contributed by atoms with Crippen molar-refractivity contribution in [1.82, 2.24) is 55.3 Å². The second-order valence-electron chi connectivity index (χ2n) is 18.0. The highest BCUT2D eigenvalue weighted by Gasteiger charge is 2.31. The van der Waals surface area contributed by atoms with E-state index in [9.17, 15) is 33.9 Å². The number of nitrogens with one attached hydrogen (secondary N) is 5. The quantitative estimate of drug-likeness (QED) is 0.0426. The number of urea groups is 1. The van der Waals surface area contributed by atoms with E-state index in [1.165, 1.54) is 23.4 Å². The number of imidazole rings is 1. The number of aryl methyl sites for hydroxylation is 1. The maximum Gasteiger partial charge on any atom is 0.410 e. The standard InChI is InChI=1S/C49H61N13O8/c1-30(2)43(59-40(63)12-5-4-6-24-61-41(64)21-22-42(61)65)47(67)56-37(11-8-23-51-48(50)68)46(66)55-35-18-15-33(16-19-35)28-70-49(69)60(25-32-13-14-32)27-38-57-44(34-17-20-39-52-29-53-62(39)26-34)45(58-38)36-10-7-9-31(3)54-36/h7,9-10,15-22,26,29-30,32,37,41,43,64H,4-6,8,11-14,23-25,27-28H2,1-3H3,(H,55,66)(H,56,67)(H,57,58)(H,59,63)(H3,50,51,68)/t37-,41?,43?/m0/s1. The van der Waals surface area contributed by atoms with Gasteiger partial charge in [0.1, 0.15) is 42.8 Å². The molecule has 3 atom stereocenters. The predicted molar refractivity (Wildman–Crippen MR) is 258 cm³/mol. The molecule has 1 fully saturated rings. The number of primary amides is 1. The Labute approximate surface area is 405 Å². The van der Waals surface area contributed by atoms with Crippen LogP contribution in [0.2, 0.25) is 0 Å². The number of nitrogens with two attached hydrogens (primary N) is 1. The summed E-state index contributed by atoms with van der Waals surface area (Å²) in [6.45, 7) is 6.64. The molecule has 8 N–H and O–H groups in total. The lowest BCUT2D eigenvalue weighted by Gasteiger charge is -2.25. The number of rotatable bonds is 24. The van der Waals surface area contributed by atoms with E-state index >= 15 is 0 Å². The summed E-state index contributed by atoms with van der Waals surface area (Å²) in [6.07, 6.45) is 9.02. The number of nitrogens with zero attached hydrogens (tertiary/aromatic N) is 7. The summed E-state index contributed by atoms with van der Waals surface area (Å²) >= 11 is 0. The van der Waals surface area contributed by atoms with Crippen molar-refractivity contribution < 1.29 is 38.6 Å². The minimum atomic E-state index is -1.04. The highest BCUT2D eigenvalue weighted by molar-refractivity contribution is 5.98. The van der Waals surface area contributed by atoms with Crippen LogP contribution in [0.5, 0.6) is 0 Å². The smallest absolute Gasteiger partial charge is 0.410 e. The van der Waals surface area contributed by atoms with Crippen molar-refractivity contribution in [3.63, 3.8) is 0 Å². The first-order valence-electron chi connectivity index (χ1n) is 23.6. The summed E-state index contributed by atoms with van der Waals surface area (Å²) in [4.78, 5) is 97.6. The van der Waals surface area contributed by atoms with Crippen molar-refractivity contribution in [3.05, 3.63) is 96.4 Å². The fourth-order valence-corrected chi connectivity index (χ4v) is 7.99. The van der Waals surface area contributed by atoms with Crippen LogP contribution in [0.1, 0.15) is 82.3 Å². The molecule has 0 bridgehead atoms. The van der Waals surface area contributed by atoms with Gasteiger partial charge in [0.15, 0.2) is 5.65 Å². The molecule has 1 aliphatic heterocycles. The lowest BCUT2D eigenvalue weighted by molar-refractivity contribution is -0.132. The van der Waals surface area contributed by atoms with Crippen molar-refractivity contribution in [1.29, 1.82) is 0 Å². The van der Waals surface area contributed by atoms with Crippen LogP contribution < -0.4 is 27.0 Å². The van der Waals surface area contributed by atoms with E-state index in [1.54, 1.807) is 47.5 Å². The van der Waals surface area contributed by atoms with Crippen LogP contribution in [0.3, 0.4) is 0 Å². The van der Waals surface area contributed by atoms with Gasteiger partial charge in [-0.3, -0.25) is 24.2 Å². The van der Waals surface area contributed by atoms with Crippen LogP contribution in [0.15, 0.2) is 79.3 Å². The molecule has 4 aromatic heterocycles. The Morgan fingerprint density at radius 2 is 1.77 bits per heavy atom. The highest BCUT2D eigenvalue weighted by Crippen LogP contribution is 2.33. The summed E-state index contributed by atoms with van der Waals surface area (Å²) in [7, 11) is 0. The number of fused-ring (bicyclic) bond motifs is 1. The zero-order chi connectivity index (χ0) is 49.7. The number of aliphatic hydroxyl groups excluding tert-OH is 1. The molecule has 7 amide bonds. The number of H-pyrrole nitrogens is 1. The van der Waals surface area contributed by atoms with Crippen molar-refractivity contribution in [2.75, 3.05) is 25.0 Å². The van der Waals surface area contributed by atoms with Crippen LogP contribution in [0.25, 0.3) is 28.3 Å². The molecule has 70 heavy (non-hydrogen) atoms. The maximum atomic E-state index is 13.7. The normalized spacial score (nSPS) is 15.2. The highest BCUT2D eigenvalue weighted by atomic mass is 16.6. The first-order valence-corrected chi connectivity index (χ1v) is 23.6. The Balaban J connectivity index is 0.943. The third-order valence-electron chi connectivity index (χ3n) is 12.0. The van der Waals surface area contributed by atoms with Gasteiger partial charge in [0.05, 0.1) is 17.9 Å². The van der Waals surface area contributed by atoms with Gasteiger partial charge < -0.3 is 51.6 Å². The van der Waals surface area contributed by atoms with Crippen molar-refractivity contribution in [2.45, 2.75) is 104 Å². The second kappa shape index (κ2) is 23.6. The Hall–Kier alpha value is -7.68. The summed E-state index contributed by atoms with van der Waals surface area (Å²) < 4.78 is 7.52. The van der Waals surface area contributed by atoms with Gasteiger partial charge >= 0.3 is 12.1 Å². The van der Waals surface area contributed by atoms with Crippen LogP contribution in [0.4, 0.5) is 15.3 Å². The molecule has 1 aliphatic carbocycles. The summed E-state index contributed by atoms with van der Waals surface area (Å²) in [6, 6.07) is 13.6. The average molecular weight is 960 g/mol. The molecule has 21 heteroatoms. The number of carbonyl (C=O) groups excluding carboxylic acids is 6. The summed E-state index contributed by atoms with van der Waals surface area (Å²) in [5.41, 5.74) is 10.7. The molecule has 2 aliphatic rings. The van der Waals surface area contributed by atoms with Crippen LogP contribution in [0, 0.1) is 18.8 Å². The first-order chi connectivity index (χ1) is 33.7. The number of pyridine rings is 2. The molecule has 0 radical (unpaired) electrons. The monoisotopic (exact) mass is 959 g/mol. The van der Waals surface area contributed by atoms with Gasteiger partial charge in [0.2, 0.25) is 23.6 Å². The zero-order valence-electron chi connectivity index (χ0n) is 39.6. The van der Waals surface area contributed by atoms with E-state index < -0.39 is 42.3 Å². The number of hydrogen-bond acceptors (Lipinski definition) is 12. The number of benzene rings is 1. The number of hydrogen-bond donors (Lipinski definition) is 7. The minimum absolute atomic E-state index is 0.0384. The lowest BCUT2D eigenvalue weighted by atomic mass is 10.0. The third-order valence-corrected chi connectivity index (χ3v) is 12.0. The number of aromatic amines is 1. The fourth-order valence-electron chi connectivity index (χ4n) is 7.99. The molecule has 1 saturated carbocycles. The third kappa shape index (κ3) is 14.0. The summed E-state index contributed by atoms with van der Waals surface area (Å²) in [5, 5.41) is 25.1. The van der Waals surface area contributed by atoms with Crippen molar-refractivity contribution in [3.8, 4) is 22.6 Å². The van der Waals surface area contributed by atoms with E-state index in [0.717, 1.165) is 29.8 Å². The Morgan fingerprint density at radius 3 is 2.49 bits per heavy atom. The number of amides is 7. The Kier molecular flexibility index (Phi) is 16.9. The molecular formula is C49H61N13O8. The molecule has 1 aromatic carbocycles. The fraction of sp³-hybridized carbons (Fsp3) is 0.429. The van der Waals surface area contributed by atoms with E-state index in [2.05, 4.69) is 36.3 Å². The van der Waals surface area contributed by atoms with Gasteiger partial charge in [-0.1, -0.05) is 38.5 Å². The number of anilines is 1. The van der Waals surface area contributed by atoms with Gasteiger partial charge in [0.25, 0.3) is 0 Å². The molecule has 7 rings (SSSR count). The topological polar surface area (TPSA) is 284 Å². The molecule has 2 unspecified atom stereocenters. The average Bonchev–Trinajstić information content (AvgIpc) is 3.69. The van der Waals surface area contributed by atoms with E-state index in [1.807, 2.05) is 43.5 Å². The maximum absolute atomic E-state index is 13.7.